The molecule has 5 heteroatoms. The molecular formula is C21H28N2O3. The fourth-order valence-corrected chi connectivity index (χ4v) is 5.02. The first-order valence-corrected chi connectivity index (χ1v) is 9.92. The van der Waals surface area contributed by atoms with E-state index in [1.54, 1.807) is 6.07 Å². The highest BCUT2D eigenvalue weighted by molar-refractivity contribution is 5.86. The molecule has 1 aliphatic heterocycles. The number of hydrogen-bond donors (Lipinski definition) is 3. The molecule has 1 saturated heterocycles. The molecule has 0 aromatic heterocycles. The third-order valence-corrected chi connectivity index (χ3v) is 6.47. The number of carbonyl (C=O) groups excluding carboxylic acids is 2. The molecule has 4 unspecified atom stereocenters. The third-order valence-electron chi connectivity index (χ3n) is 6.47. The summed E-state index contributed by atoms with van der Waals surface area (Å²) in [5.41, 5.74) is 1.64. The Hall–Kier alpha value is -1.88. The van der Waals surface area contributed by atoms with Gasteiger partial charge in [-0.15, -0.1) is 0 Å². The van der Waals surface area contributed by atoms with Crippen molar-refractivity contribution in [1.29, 1.82) is 0 Å². The molecule has 1 aromatic rings. The van der Waals surface area contributed by atoms with E-state index in [4.69, 9.17) is 0 Å². The van der Waals surface area contributed by atoms with Crippen LogP contribution in [0.2, 0.25) is 0 Å². The molecule has 1 aromatic carbocycles. The number of phenolic OH excluding ortho intramolecular Hbond substituents is 1. The SMILES string of the molecule is Cc1ccc(O)c(C2NC3CCC(C(=O)C4CCCC4)CC3NC2=O)c1. The molecule has 4 atom stereocenters. The van der Waals surface area contributed by atoms with E-state index in [0.717, 1.165) is 37.7 Å². The van der Waals surface area contributed by atoms with Crippen molar-refractivity contribution in [2.75, 3.05) is 0 Å². The minimum absolute atomic E-state index is 0.00908. The van der Waals surface area contributed by atoms with Gasteiger partial charge < -0.3 is 10.4 Å². The van der Waals surface area contributed by atoms with Crippen molar-refractivity contribution < 1.29 is 14.7 Å². The van der Waals surface area contributed by atoms with Crippen LogP contribution >= 0.6 is 0 Å². The number of fused-ring (bicyclic) bond motifs is 1. The van der Waals surface area contributed by atoms with Crippen LogP contribution in [0, 0.1) is 18.8 Å². The molecule has 1 heterocycles. The highest BCUT2D eigenvalue weighted by Crippen LogP contribution is 2.36. The summed E-state index contributed by atoms with van der Waals surface area (Å²) in [6, 6.07) is 4.98. The maximum absolute atomic E-state index is 12.8. The lowest BCUT2D eigenvalue weighted by molar-refractivity contribution is -0.132. The van der Waals surface area contributed by atoms with Crippen LogP contribution < -0.4 is 10.6 Å². The van der Waals surface area contributed by atoms with Gasteiger partial charge in [0.1, 0.15) is 17.6 Å². The summed E-state index contributed by atoms with van der Waals surface area (Å²) < 4.78 is 0. The molecule has 4 rings (SSSR count). The Balaban J connectivity index is 1.45. The van der Waals surface area contributed by atoms with Gasteiger partial charge in [-0.1, -0.05) is 30.5 Å². The van der Waals surface area contributed by atoms with Crippen molar-refractivity contribution in [3.63, 3.8) is 0 Å². The summed E-state index contributed by atoms with van der Waals surface area (Å²) in [6.07, 6.45) is 6.96. The van der Waals surface area contributed by atoms with Gasteiger partial charge in [0.25, 0.3) is 0 Å². The monoisotopic (exact) mass is 356 g/mol. The van der Waals surface area contributed by atoms with Crippen LogP contribution in [0.3, 0.4) is 0 Å². The molecule has 26 heavy (non-hydrogen) atoms. The summed E-state index contributed by atoms with van der Waals surface area (Å²) in [5.74, 6) is 0.799. The zero-order valence-electron chi connectivity index (χ0n) is 15.3. The number of phenols is 1. The Morgan fingerprint density at radius 3 is 2.62 bits per heavy atom. The van der Waals surface area contributed by atoms with Crippen molar-refractivity contribution in [2.24, 2.45) is 11.8 Å². The van der Waals surface area contributed by atoms with Gasteiger partial charge in [-0.3, -0.25) is 14.9 Å². The first-order chi connectivity index (χ1) is 12.5. The number of aromatic hydroxyl groups is 1. The van der Waals surface area contributed by atoms with Gasteiger partial charge in [-0.25, -0.2) is 0 Å². The van der Waals surface area contributed by atoms with Gasteiger partial charge in [-0.2, -0.15) is 0 Å². The van der Waals surface area contributed by atoms with Crippen molar-refractivity contribution in [1.82, 2.24) is 10.6 Å². The van der Waals surface area contributed by atoms with Crippen LogP contribution in [0.4, 0.5) is 0 Å². The Bertz CT molecular complexity index is 711. The predicted octanol–water partition coefficient (Wildman–Crippen LogP) is 2.76. The molecule has 3 aliphatic rings. The van der Waals surface area contributed by atoms with E-state index in [9.17, 15) is 14.7 Å². The van der Waals surface area contributed by atoms with E-state index in [-0.39, 0.29) is 35.6 Å². The summed E-state index contributed by atoms with van der Waals surface area (Å²) in [7, 11) is 0. The van der Waals surface area contributed by atoms with E-state index >= 15 is 0 Å². The number of rotatable bonds is 3. The van der Waals surface area contributed by atoms with Crippen LogP contribution in [0.1, 0.15) is 62.1 Å². The number of aryl methyl sites for hydroxylation is 1. The molecule has 3 N–H and O–H groups in total. The fourth-order valence-electron chi connectivity index (χ4n) is 5.02. The third kappa shape index (κ3) is 3.25. The van der Waals surface area contributed by atoms with Gasteiger partial charge in [0, 0.05) is 29.5 Å². The maximum Gasteiger partial charge on any atom is 0.242 e. The molecule has 3 fully saturated rings. The summed E-state index contributed by atoms with van der Waals surface area (Å²) in [6.45, 7) is 1.95. The van der Waals surface area contributed by atoms with Crippen molar-refractivity contribution >= 4 is 11.7 Å². The lowest BCUT2D eigenvalue weighted by atomic mass is 9.75. The molecule has 2 saturated carbocycles. The van der Waals surface area contributed by atoms with Crippen LogP contribution in [0.25, 0.3) is 0 Å². The summed E-state index contributed by atoms with van der Waals surface area (Å²) >= 11 is 0. The minimum Gasteiger partial charge on any atom is -0.508 e. The summed E-state index contributed by atoms with van der Waals surface area (Å²) in [4.78, 5) is 25.4. The smallest absolute Gasteiger partial charge is 0.242 e. The van der Waals surface area contributed by atoms with Gasteiger partial charge in [0.15, 0.2) is 0 Å². The van der Waals surface area contributed by atoms with Gasteiger partial charge in [0.2, 0.25) is 5.91 Å². The van der Waals surface area contributed by atoms with Crippen LogP contribution in [0.15, 0.2) is 18.2 Å². The number of piperazine rings is 1. The van der Waals surface area contributed by atoms with E-state index in [1.807, 2.05) is 19.1 Å². The van der Waals surface area contributed by atoms with E-state index < -0.39 is 6.04 Å². The Labute approximate surface area is 154 Å². The molecule has 0 bridgehead atoms. The first-order valence-electron chi connectivity index (χ1n) is 9.92. The van der Waals surface area contributed by atoms with E-state index in [0.29, 0.717) is 11.3 Å². The largest absolute Gasteiger partial charge is 0.508 e. The van der Waals surface area contributed by atoms with Crippen LogP contribution in [0.5, 0.6) is 5.75 Å². The van der Waals surface area contributed by atoms with Crippen molar-refractivity contribution in [3.05, 3.63) is 29.3 Å². The van der Waals surface area contributed by atoms with Crippen LogP contribution in [-0.4, -0.2) is 28.9 Å². The number of ketones is 1. The number of carbonyl (C=O) groups is 2. The van der Waals surface area contributed by atoms with Gasteiger partial charge in [-0.05, 0) is 45.1 Å². The van der Waals surface area contributed by atoms with Crippen LogP contribution in [-0.2, 0) is 9.59 Å². The minimum atomic E-state index is -0.529. The number of hydrogen-bond acceptors (Lipinski definition) is 4. The molecular weight excluding hydrogens is 328 g/mol. The average molecular weight is 356 g/mol. The quantitative estimate of drug-likeness (QED) is 0.778. The predicted molar refractivity (Wildman–Crippen MR) is 98.7 cm³/mol. The number of benzene rings is 1. The topological polar surface area (TPSA) is 78.4 Å². The first kappa shape index (κ1) is 17.5. The van der Waals surface area contributed by atoms with Gasteiger partial charge >= 0.3 is 0 Å². The second kappa shape index (κ2) is 7.03. The standard InChI is InChI=1S/C21H28N2O3/c1-12-6-9-18(24)15(10-12)19-21(26)23-17-11-14(7-8-16(17)22-19)20(25)13-4-2-3-5-13/h6,9-10,13-14,16-17,19,22,24H,2-5,7-8,11H2,1H3,(H,23,26). The molecule has 0 spiro atoms. The normalized spacial score (nSPS) is 32.1. The average Bonchev–Trinajstić information content (AvgIpc) is 3.17. The molecule has 2 aliphatic carbocycles. The zero-order chi connectivity index (χ0) is 18.3. The van der Waals surface area contributed by atoms with E-state index in [1.165, 1.54) is 12.8 Å². The van der Waals surface area contributed by atoms with Crippen molar-refractivity contribution in [2.45, 2.75) is 70.0 Å². The maximum atomic E-state index is 12.8. The summed E-state index contributed by atoms with van der Waals surface area (Å²) in [5, 5.41) is 16.7. The second-order valence-electron chi connectivity index (χ2n) is 8.28. The second-order valence-corrected chi connectivity index (χ2v) is 8.28. The number of amides is 1. The van der Waals surface area contributed by atoms with E-state index in [2.05, 4.69) is 10.6 Å². The Morgan fingerprint density at radius 2 is 1.85 bits per heavy atom. The Kier molecular flexibility index (Phi) is 4.74. The number of nitrogens with one attached hydrogen (secondary N) is 2. The molecule has 5 nitrogen and oxygen atoms in total. The Morgan fingerprint density at radius 1 is 1.08 bits per heavy atom. The number of Topliss-reactive ketones (excluding diaryl/α,β-unsaturated/α-hetero) is 1. The lowest BCUT2D eigenvalue weighted by Gasteiger charge is -2.43. The molecule has 1 amide bonds. The fraction of sp³-hybridized carbons (Fsp3) is 0.619. The molecule has 0 radical (unpaired) electrons. The highest BCUT2D eigenvalue weighted by atomic mass is 16.3. The van der Waals surface area contributed by atoms with Crippen molar-refractivity contribution in [3.8, 4) is 5.75 Å². The highest BCUT2D eigenvalue weighted by Gasteiger charge is 2.42. The lowest BCUT2D eigenvalue weighted by Crippen LogP contribution is -2.62. The zero-order valence-corrected chi connectivity index (χ0v) is 15.3. The van der Waals surface area contributed by atoms with Gasteiger partial charge in [0.05, 0.1) is 0 Å². The molecule has 140 valence electrons.